The predicted octanol–water partition coefficient (Wildman–Crippen LogP) is 0.671. The lowest BCUT2D eigenvalue weighted by Gasteiger charge is -1.93. The molecule has 0 fully saturated rings. The summed E-state index contributed by atoms with van der Waals surface area (Å²) in [5.41, 5.74) is 0. The number of aliphatic carboxylic acids is 1. The number of rotatable bonds is 4. The Balaban J connectivity index is 2.31. The van der Waals surface area contributed by atoms with E-state index in [9.17, 15) is 4.79 Å². The van der Waals surface area contributed by atoms with E-state index >= 15 is 0 Å². The molecule has 0 unspecified atom stereocenters. The number of nitrogens with zero attached hydrogens (tertiary/aromatic N) is 1. The fourth-order valence-corrected chi connectivity index (χ4v) is 0.760. The Kier molecular flexibility index (Phi) is 3.08. The minimum atomic E-state index is -0.990. The van der Waals surface area contributed by atoms with Crippen molar-refractivity contribution in [3.63, 3.8) is 0 Å². The van der Waals surface area contributed by atoms with E-state index in [4.69, 9.17) is 9.52 Å². The number of carbonyl (C=O) groups is 1. The lowest BCUT2D eigenvalue weighted by Crippen LogP contribution is -2.05. The number of oxazole rings is 1. The van der Waals surface area contributed by atoms with Crippen LogP contribution in [0.1, 0.15) is 11.7 Å². The summed E-state index contributed by atoms with van der Waals surface area (Å²) in [5, 5.41) is 11.0. The molecule has 0 aliphatic heterocycles. The van der Waals surface area contributed by atoms with Crippen LogP contribution in [-0.4, -0.2) is 16.1 Å². The summed E-state index contributed by atoms with van der Waals surface area (Å²) in [4.78, 5) is 14.0. The highest BCUT2D eigenvalue weighted by molar-refractivity contribution is 5.79. The number of aryl methyl sites for hydroxylation is 1. The molecule has 5 nitrogen and oxygen atoms in total. The lowest BCUT2D eigenvalue weighted by molar-refractivity contribution is -0.131. The summed E-state index contributed by atoms with van der Waals surface area (Å²) in [6.07, 6.45) is 3.95. The first kappa shape index (κ1) is 9.31. The van der Waals surface area contributed by atoms with Crippen LogP contribution in [0.25, 0.3) is 0 Å². The Morgan fingerprint density at radius 1 is 1.85 bits per heavy atom. The summed E-state index contributed by atoms with van der Waals surface area (Å²) in [6.45, 7) is 2.18. The van der Waals surface area contributed by atoms with E-state index in [1.165, 1.54) is 6.20 Å². The third-order valence-corrected chi connectivity index (χ3v) is 1.27. The molecule has 70 valence electrons. The Labute approximate surface area is 75.1 Å². The van der Waals surface area contributed by atoms with Crippen LogP contribution in [0.15, 0.2) is 22.9 Å². The standard InChI is InChI=1S/C8H10N2O3/c1-6-4-10-7(13-6)5-9-3-2-8(11)12/h2-4,9H,5H2,1H3,(H,11,12)/b3-2+. The minimum absolute atomic E-state index is 0.387. The van der Waals surface area contributed by atoms with E-state index in [1.54, 1.807) is 13.1 Å². The van der Waals surface area contributed by atoms with E-state index in [-0.39, 0.29) is 0 Å². The molecule has 0 radical (unpaired) electrons. The second kappa shape index (κ2) is 4.30. The predicted molar refractivity (Wildman–Crippen MR) is 44.9 cm³/mol. The normalized spacial score (nSPS) is 10.5. The Morgan fingerprint density at radius 3 is 3.15 bits per heavy atom. The van der Waals surface area contributed by atoms with Gasteiger partial charge in [-0.25, -0.2) is 9.78 Å². The van der Waals surface area contributed by atoms with Gasteiger partial charge in [-0.05, 0) is 6.92 Å². The molecular formula is C8H10N2O3. The molecule has 1 aromatic heterocycles. The van der Waals surface area contributed by atoms with E-state index in [1.807, 2.05) is 0 Å². The molecule has 0 spiro atoms. The molecule has 2 N–H and O–H groups in total. The molecule has 0 saturated carbocycles. The Morgan fingerprint density at radius 2 is 2.62 bits per heavy atom. The van der Waals surface area contributed by atoms with Crippen LogP contribution in [0.2, 0.25) is 0 Å². The maximum Gasteiger partial charge on any atom is 0.329 e. The van der Waals surface area contributed by atoms with Crippen LogP contribution in [0.5, 0.6) is 0 Å². The van der Waals surface area contributed by atoms with Crippen LogP contribution in [0.3, 0.4) is 0 Å². The molecule has 5 heteroatoms. The van der Waals surface area contributed by atoms with Gasteiger partial charge >= 0.3 is 5.97 Å². The van der Waals surface area contributed by atoms with Crippen molar-refractivity contribution in [3.05, 3.63) is 30.1 Å². The van der Waals surface area contributed by atoms with Gasteiger partial charge in [-0.15, -0.1) is 0 Å². The van der Waals surface area contributed by atoms with Gasteiger partial charge in [0.2, 0.25) is 5.89 Å². The second-order valence-electron chi connectivity index (χ2n) is 2.42. The van der Waals surface area contributed by atoms with Crippen LogP contribution < -0.4 is 5.32 Å². The molecule has 0 bridgehead atoms. The van der Waals surface area contributed by atoms with Crippen LogP contribution in [0, 0.1) is 6.92 Å². The molecule has 13 heavy (non-hydrogen) atoms. The van der Waals surface area contributed by atoms with Gasteiger partial charge in [0.25, 0.3) is 0 Å². The topological polar surface area (TPSA) is 75.4 Å². The quantitative estimate of drug-likeness (QED) is 0.669. The number of hydrogen-bond donors (Lipinski definition) is 2. The Hall–Kier alpha value is -1.78. The smallest absolute Gasteiger partial charge is 0.329 e. The van der Waals surface area contributed by atoms with Crippen molar-refractivity contribution in [3.8, 4) is 0 Å². The maximum atomic E-state index is 10.0. The molecule has 0 aliphatic carbocycles. The number of aromatic nitrogens is 1. The molecule has 0 amide bonds. The van der Waals surface area contributed by atoms with Crippen molar-refractivity contribution < 1.29 is 14.3 Å². The summed E-state index contributed by atoms with van der Waals surface area (Å²) in [6, 6.07) is 0. The maximum absolute atomic E-state index is 10.0. The van der Waals surface area contributed by atoms with Crippen LogP contribution >= 0.6 is 0 Å². The zero-order valence-corrected chi connectivity index (χ0v) is 7.15. The third-order valence-electron chi connectivity index (χ3n) is 1.27. The highest BCUT2D eigenvalue weighted by Crippen LogP contribution is 2.00. The molecule has 1 rings (SSSR count). The zero-order valence-electron chi connectivity index (χ0n) is 7.15. The van der Waals surface area contributed by atoms with Gasteiger partial charge in [0, 0.05) is 12.3 Å². The van der Waals surface area contributed by atoms with Gasteiger partial charge in [0.15, 0.2) is 0 Å². The zero-order chi connectivity index (χ0) is 9.68. The van der Waals surface area contributed by atoms with Crippen molar-refractivity contribution >= 4 is 5.97 Å². The number of carboxylic acids is 1. The van der Waals surface area contributed by atoms with Gasteiger partial charge in [0.05, 0.1) is 12.7 Å². The number of hydrogen-bond acceptors (Lipinski definition) is 4. The summed E-state index contributed by atoms with van der Waals surface area (Å²) < 4.78 is 5.14. The van der Waals surface area contributed by atoms with Gasteiger partial charge in [-0.1, -0.05) is 0 Å². The van der Waals surface area contributed by atoms with Crippen LogP contribution in [0.4, 0.5) is 0 Å². The van der Waals surface area contributed by atoms with E-state index < -0.39 is 5.97 Å². The van der Waals surface area contributed by atoms with Crippen LogP contribution in [-0.2, 0) is 11.3 Å². The first-order valence-corrected chi connectivity index (χ1v) is 3.72. The molecule has 1 aromatic rings. The molecule has 0 aliphatic rings. The molecule has 0 aromatic carbocycles. The Bertz CT molecular complexity index is 317. The minimum Gasteiger partial charge on any atom is -0.478 e. The third kappa shape index (κ3) is 3.42. The first-order valence-electron chi connectivity index (χ1n) is 3.72. The summed E-state index contributed by atoms with van der Waals surface area (Å²) in [5.74, 6) is 0.280. The van der Waals surface area contributed by atoms with Gasteiger partial charge in [0.1, 0.15) is 5.76 Å². The fraction of sp³-hybridized carbons (Fsp3) is 0.250. The second-order valence-corrected chi connectivity index (χ2v) is 2.42. The van der Waals surface area contributed by atoms with Crippen molar-refractivity contribution in [1.29, 1.82) is 0 Å². The fourth-order valence-electron chi connectivity index (χ4n) is 0.760. The van der Waals surface area contributed by atoms with Gasteiger partial charge in [-0.2, -0.15) is 0 Å². The average molecular weight is 182 g/mol. The van der Waals surface area contributed by atoms with Crippen molar-refractivity contribution in [2.75, 3.05) is 0 Å². The molecule has 1 heterocycles. The monoisotopic (exact) mass is 182 g/mol. The number of nitrogens with one attached hydrogen (secondary N) is 1. The van der Waals surface area contributed by atoms with Gasteiger partial charge < -0.3 is 14.8 Å². The largest absolute Gasteiger partial charge is 0.478 e. The highest BCUT2D eigenvalue weighted by Gasteiger charge is 1.96. The summed E-state index contributed by atoms with van der Waals surface area (Å²) >= 11 is 0. The molecular weight excluding hydrogens is 172 g/mol. The van der Waals surface area contributed by atoms with Gasteiger partial charge in [-0.3, -0.25) is 0 Å². The van der Waals surface area contributed by atoms with E-state index in [2.05, 4.69) is 10.3 Å². The molecule has 0 atom stereocenters. The average Bonchev–Trinajstić information content (AvgIpc) is 2.45. The SMILES string of the molecule is Cc1cnc(CN/C=C/C(=O)O)o1. The highest BCUT2D eigenvalue weighted by atomic mass is 16.4. The summed E-state index contributed by atoms with van der Waals surface area (Å²) in [7, 11) is 0. The first-order chi connectivity index (χ1) is 6.18. The van der Waals surface area contributed by atoms with Crippen molar-refractivity contribution in [2.45, 2.75) is 13.5 Å². The number of carboxylic acid groups (broad SMARTS) is 1. The van der Waals surface area contributed by atoms with E-state index in [0.29, 0.717) is 12.4 Å². The van der Waals surface area contributed by atoms with Crippen molar-refractivity contribution in [2.24, 2.45) is 0 Å². The molecule has 0 saturated heterocycles. The van der Waals surface area contributed by atoms with E-state index in [0.717, 1.165) is 11.8 Å². The van der Waals surface area contributed by atoms with Crippen molar-refractivity contribution in [1.82, 2.24) is 10.3 Å². The lowest BCUT2D eigenvalue weighted by atomic mass is 10.6.